The molecule has 5 nitrogen and oxygen atoms in total. The average molecular weight is 341 g/mol. The predicted molar refractivity (Wildman–Crippen MR) is 91.7 cm³/mol. The van der Waals surface area contributed by atoms with Crippen molar-refractivity contribution in [2.75, 3.05) is 0 Å². The number of aromatic amines is 1. The predicted octanol–water partition coefficient (Wildman–Crippen LogP) is 3.76. The van der Waals surface area contributed by atoms with Crippen molar-refractivity contribution in [2.24, 2.45) is 0 Å². The molecule has 0 bridgehead atoms. The summed E-state index contributed by atoms with van der Waals surface area (Å²) in [6, 6.07) is 11.1. The van der Waals surface area contributed by atoms with Crippen molar-refractivity contribution < 1.29 is 0 Å². The fourth-order valence-corrected chi connectivity index (χ4v) is 3.45. The molecule has 0 saturated carbocycles. The van der Waals surface area contributed by atoms with Gasteiger partial charge in [0.2, 0.25) is 0 Å². The van der Waals surface area contributed by atoms with Crippen LogP contribution in [0.5, 0.6) is 0 Å². The molecule has 7 heteroatoms. The second-order valence-electron chi connectivity index (χ2n) is 4.84. The fourth-order valence-electron chi connectivity index (χ4n) is 2.28. The van der Waals surface area contributed by atoms with Gasteiger partial charge in [0.1, 0.15) is 16.7 Å². The van der Waals surface area contributed by atoms with Crippen LogP contribution in [0.4, 0.5) is 0 Å². The van der Waals surface area contributed by atoms with Crippen LogP contribution in [-0.4, -0.2) is 19.9 Å². The van der Waals surface area contributed by atoms with Gasteiger partial charge in [-0.05, 0) is 29.8 Å². The Kier molecular flexibility index (Phi) is 3.40. The number of H-pyrrole nitrogens is 1. The zero-order chi connectivity index (χ0) is 15.8. The normalized spacial score (nSPS) is 11.0. The highest BCUT2D eigenvalue weighted by atomic mass is 35.5. The number of halogens is 1. The Morgan fingerprint density at radius 1 is 1.17 bits per heavy atom. The van der Waals surface area contributed by atoms with E-state index in [0.717, 1.165) is 10.4 Å². The summed E-state index contributed by atoms with van der Waals surface area (Å²) in [6.07, 6.45) is 3.03. The van der Waals surface area contributed by atoms with E-state index in [2.05, 4.69) is 19.9 Å². The monoisotopic (exact) mass is 340 g/mol. The molecule has 0 aliphatic heterocycles. The molecule has 1 aromatic carbocycles. The van der Waals surface area contributed by atoms with Gasteiger partial charge >= 0.3 is 0 Å². The number of nitrogens with zero attached hydrogens (tertiary/aromatic N) is 3. The van der Waals surface area contributed by atoms with E-state index in [0.29, 0.717) is 26.8 Å². The van der Waals surface area contributed by atoms with Gasteiger partial charge in [-0.2, -0.15) is 0 Å². The molecule has 0 unspecified atom stereocenters. The van der Waals surface area contributed by atoms with E-state index in [1.807, 2.05) is 30.3 Å². The van der Waals surface area contributed by atoms with Crippen molar-refractivity contribution >= 4 is 33.2 Å². The number of benzene rings is 1. The average Bonchev–Trinajstić information content (AvgIpc) is 3.00. The van der Waals surface area contributed by atoms with Crippen LogP contribution in [0, 0.1) is 0 Å². The van der Waals surface area contributed by atoms with E-state index in [-0.39, 0.29) is 5.56 Å². The second-order valence-corrected chi connectivity index (χ2v) is 6.33. The second kappa shape index (κ2) is 5.57. The van der Waals surface area contributed by atoms with E-state index < -0.39 is 0 Å². The summed E-state index contributed by atoms with van der Waals surface area (Å²) in [6.45, 7) is 0. The minimum absolute atomic E-state index is 0.179. The van der Waals surface area contributed by atoms with E-state index in [4.69, 9.17) is 11.6 Å². The maximum Gasteiger partial charge on any atom is 0.269 e. The van der Waals surface area contributed by atoms with Gasteiger partial charge in [0.05, 0.1) is 5.52 Å². The molecule has 4 rings (SSSR count). The van der Waals surface area contributed by atoms with Crippen molar-refractivity contribution in [1.29, 1.82) is 0 Å². The number of hydrogen-bond acceptors (Lipinski definition) is 5. The fraction of sp³-hybridized carbons (Fsp3) is 0. The number of rotatable bonds is 2. The van der Waals surface area contributed by atoms with Crippen LogP contribution in [-0.2, 0) is 0 Å². The van der Waals surface area contributed by atoms with Crippen molar-refractivity contribution in [3.05, 3.63) is 64.3 Å². The molecule has 3 heterocycles. The Bertz CT molecular complexity index is 1060. The Labute approximate surface area is 139 Å². The van der Waals surface area contributed by atoms with Crippen molar-refractivity contribution in [2.45, 2.75) is 0 Å². The minimum atomic E-state index is -0.179. The summed E-state index contributed by atoms with van der Waals surface area (Å²) in [5.41, 5.74) is 2.00. The van der Waals surface area contributed by atoms with Gasteiger partial charge in [0, 0.05) is 16.1 Å². The molecule has 0 spiro atoms. The quantitative estimate of drug-likeness (QED) is 0.603. The highest BCUT2D eigenvalue weighted by molar-refractivity contribution is 7.22. The van der Waals surface area contributed by atoms with Crippen molar-refractivity contribution in [3.8, 4) is 22.0 Å². The van der Waals surface area contributed by atoms with Gasteiger partial charge in [-0.25, -0.2) is 15.0 Å². The number of thiophene rings is 1. The first-order chi connectivity index (χ1) is 11.2. The molecule has 112 valence electrons. The van der Waals surface area contributed by atoms with E-state index in [9.17, 15) is 4.79 Å². The van der Waals surface area contributed by atoms with Gasteiger partial charge in [-0.1, -0.05) is 23.7 Å². The Balaban J connectivity index is 1.89. The van der Waals surface area contributed by atoms with Crippen molar-refractivity contribution in [1.82, 2.24) is 19.9 Å². The smallest absolute Gasteiger partial charge is 0.269 e. The molecule has 0 radical (unpaired) electrons. The molecular weight excluding hydrogens is 332 g/mol. The summed E-state index contributed by atoms with van der Waals surface area (Å²) in [4.78, 5) is 28.5. The topological polar surface area (TPSA) is 71.5 Å². The molecule has 23 heavy (non-hydrogen) atoms. The highest BCUT2D eigenvalue weighted by Crippen LogP contribution is 2.32. The molecule has 4 aromatic rings. The number of aromatic nitrogens is 4. The largest absolute Gasteiger partial charge is 0.304 e. The zero-order valence-corrected chi connectivity index (χ0v) is 13.2. The van der Waals surface area contributed by atoms with Gasteiger partial charge in [-0.3, -0.25) is 4.79 Å². The molecule has 0 amide bonds. The lowest BCUT2D eigenvalue weighted by Crippen LogP contribution is -2.08. The molecule has 3 aromatic heterocycles. The van der Waals surface area contributed by atoms with E-state index >= 15 is 0 Å². The lowest BCUT2D eigenvalue weighted by Gasteiger charge is -1.98. The van der Waals surface area contributed by atoms with Gasteiger partial charge in [0.15, 0.2) is 5.82 Å². The highest BCUT2D eigenvalue weighted by Gasteiger charge is 2.12. The first-order valence-corrected chi connectivity index (χ1v) is 7.96. The van der Waals surface area contributed by atoms with Crippen LogP contribution in [0.25, 0.3) is 32.2 Å². The van der Waals surface area contributed by atoms with Crippen molar-refractivity contribution in [3.63, 3.8) is 0 Å². The zero-order valence-electron chi connectivity index (χ0n) is 11.7. The third-order valence-electron chi connectivity index (χ3n) is 3.32. The molecule has 0 aliphatic carbocycles. The molecule has 0 atom stereocenters. The van der Waals surface area contributed by atoms with E-state index in [1.165, 1.54) is 17.7 Å². The number of fused-ring (bicyclic) bond motifs is 1. The van der Waals surface area contributed by atoms with Gasteiger partial charge < -0.3 is 4.98 Å². The molecule has 0 saturated heterocycles. The van der Waals surface area contributed by atoms with Crippen LogP contribution < -0.4 is 5.56 Å². The van der Waals surface area contributed by atoms with Crippen LogP contribution in [0.2, 0.25) is 5.02 Å². The molecule has 0 fully saturated rings. The van der Waals surface area contributed by atoms with Crippen LogP contribution in [0.3, 0.4) is 0 Å². The van der Waals surface area contributed by atoms with E-state index in [1.54, 1.807) is 12.3 Å². The van der Waals surface area contributed by atoms with Gasteiger partial charge in [-0.15, -0.1) is 11.3 Å². The Hall–Kier alpha value is -2.57. The summed E-state index contributed by atoms with van der Waals surface area (Å²) in [5.74, 6) is 0.431. The van der Waals surface area contributed by atoms with Crippen LogP contribution >= 0.6 is 22.9 Å². The molecule has 1 N–H and O–H groups in total. The molecule has 0 aliphatic rings. The first-order valence-electron chi connectivity index (χ1n) is 6.77. The standard InChI is InChI=1S/C16H9ClN4OS/c17-10-3-1-2-9(6-10)13-7-12-14(23-13)16(22)21-15(20-12)11-4-5-18-8-19-11/h1-8H,(H,20,21,22). The molecular formula is C16H9ClN4OS. The van der Waals surface area contributed by atoms with Crippen LogP contribution in [0.15, 0.2) is 53.7 Å². The maximum absolute atomic E-state index is 12.3. The van der Waals surface area contributed by atoms with Gasteiger partial charge in [0.25, 0.3) is 5.56 Å². The lowest BCUT2D eigenvalue weighted by atomic mass is 10.2. The number of nitrogens with one attached hydrogen (secondary N) is 1. The number of hydrogen-bond donors (Lipinski definition) is 1. The third kappa shape index (κ3) is 2.62. The SMILES string of the molecule is O=c1[nH]c(-c2ccncn2)nc2cc(-c3cccc(Cl)c3)sc12. The Morgan fingerprint density at radius 3 is 2.87 bits per heavy atom. The summed E-state index contributed by atoms with van der Waals surface area (Å²) in [7, 11) is 0. The lowest BCUT2D eigenvalue weighted by molar-refractivity contribution is 1.11. The summed E-state index contributed by atoms with van der Waals surface area (Å²) < 4.78 is 0.581. The Morgan fingerprint density at radius 2 is 2.09 bits per heavy atom. The summed E-state index contributed by atoms with van der Waals surface area (Å²) in [5, 5.41) is 0.656. The first kappa shape index (κ1) is 14.0. The van der Waals surface area contributed by atoms with Crippen LogP contribution in [0.1, 0.15) is 0 Å². The third-order valence-corrected chi connectivity index (χ3v) is 4.72. The minimum Gasteiger partial charge on any atom is -0.304 e. The summed E-state index contributed by atoms with van der Waals surface area (Å²) >= 11 is 7.43. The maximum atomic E-state index is 12.3.